The Balaban J connectivity index is 2.00. The molecular weight excluding hydrogens is 396 g/mol. The number of amides is 3. The number of quaternary nitrogens is 1. The van der Waals surface area contributed by atoms with Crippen LogP contribution in [0.2, 0.25) is 0 Å². The summed E-state index contributed by atoms with van der Waals surface area (Å²) in [5, 5.41) is 8.28. The molecule has 0 aliphatic carbocycles. The average Bonchev–Trinajstić information content (AvgIpc) is 2.74. The fourth-order valence-corrected chi connectivity index (χ4v) is 3.11. The molecule has 2 aromatic rings. The zero-order valence-corrected chi connectivity index (χ0v) is 18.5. The third-order valence-corrected chi connectivity index (χ3v) is 5.00. The molecule has 0 spiro atoms. The Labute approximate surface area is 183 Å². The van der Waals surface area contributed by atoms with Crippen LogP contribution >= 0.6 is 0 Å². The quantitative estimate of drug-likeness (QED) is 0.450. The molecule has 2 aromatic carbocycles. The number of nitrogens with one attached hydrogen (secondary N) is 4. The van der Waals surface area contributed by atoms with Crippen LogP contribution in [-0.2, 0) is 14.3 Å². The molecule has 4 N–H and O–H groups in total. The zero-order valence-electron chi connectivity index (χ0n) is 18.5. The van der Waals surface area contributed by atoms with Gasteiger partial charge in [-0.25, -0.2) is 0 Å². The van der Waals surface area contributed by atoms with Gasteiger partial charge in [0.2, 0.25) is 0 Å². The molecule has 0 saturated heterocycles. The number of benzene rings is 2. The molecule has 8 nitrogen and oxygen atoms in total. The maximum Gasteiger partial charge on any atom is 0.279 e. The van der Waals surface area contributed by atoms with E-state index in [9.17, 15) is 14.4 Å². The predicted molar refractivity (Wildman–Crippen MR) is 120 cm³/mol. The van der Waals surface area contributed by atoms with Crippen LogP contribution in [0.15, 0.2) is 42.5 Å². The van der Waals surface area contributed by atoms with Gasteiger partial charge in [-0.2, -0.15) is 0 Å². The second kappa shape index (κ2) is 11.8. The Kier molecular flexibility index (Phi) is 9.17. The van der Waals surface area contributed by atoms with Crippen LogP contribution in [0, 0.1) is 13.8 Å². The molecule has 166 valence electrons. The van der Waals surface area contributed by atoms with Gasteiger partial charge >= 0.3 is 0 Å². The molecule has 1 unspecified atom stereocenters. The van der Waals surface area contributed by atoms with E-state index in [1.165, 1.54) is 0 Å². The third-order valence-electron chi connectivity index (χ3n) is 5.00. The molecule has 31 heavy (non-hydrogen) atoms. The van der Waals surface area contributed by atoms with E-state index < -0.39 is 0 Å². The lowest BCUT2D eigenvalue weighted by Crippen LogP contribution is -3.14. The maximum absolute atomic E-state index is 12.6. The predicted octanol–water partition coefficient (Wildman–Crippen LogP) is 0.772. The van der Waals surface area contributed by atoms with Crippen molar-refractivity contribution in [2.75, 3.05) is 51.0 Å². The molecule has 0 aliphatic rings. The first-order chi connectivity index (χ1) is 14.8. The first-order valence-corrected chi connectivity index (χ1v) is 10.1. The Bertz CT molecular complexity index is 930. The van der Waals surface area contributed by atoms with Gasteiger partial charge in [-0.3, -0.25) is 14.4 Å². The topological polar surface area (TPSA) is 101 Å². The van der Waals surface area contributed by atoms with Gasteiger partial charge in [-0.1, -0.05) is 18.2 Å². The maximum atomic E-state index is 12.6. The van der Waals surface area contributed by atoms with Gasteiger partial charge in [-0.15, -0.1) is 0 Å². The highest BCUT2D eigenvalue weighted by Crippen LogP contribution is 2.17. The Morgan fingerprint density at radius 3 is 2.32 bits per heavy atom. The van der Waals surface area contributed by atoms with Crippen molar-refractivity contribution in [1.29, 1.82) is 0 Å². The molecule has 0 heterocycles. The minimum absolute atomic E-state index is 0.0911. The minimum Gasteiger partial charge on any atom is -0.379 e. The van der Waals surface area contributed by atoms with Crippen LogP contribution in [0.5, 0.6) is 0 Å². The molecule has 3 amide bonds. The van der Waals surface area contributed by atoms with Crippen molar-refractivity contribution in [3.63, 3.8) is 0 Å². The summed E-state index contributed by atoms with van der Waals surface area (Å²) in [7, 11) is 3.13. The van der Waals surface area contributed by atoms with E-state index in [4.69, 9.17) is 4.74 Å². The highest BCUT2D eigenvalue weighted by atomic mass is 16.5. The van der Waals surface area contributed by atoms with Crippen LogP contribution in [0.4, 0.5) is 11.4 Å². The van der Waals surface area contributed by atoms with E-state index in [-0.39, 0.29) is 30.8 Å². The molecule has 0 saturated carbocycles. The number of hydrogen-bond donors (Lipinski definition) is 4. The number of methoxy groups -OCH3 is 1. The first-order valence-electron chi connectivity index (χ1n) is 10.1. The van der Waals surface area contributed by atoms with Crippen LogP contribution in [0.3, 0.4) is 0 Å². The van der Waals surface area contributed by atoms with Gasteiger partial charge in [0.05, 0.1) is 6.61 Å². The van der Waals surface area contributed by atoms with E-state index in [0.717, 1.165) is 21.7 Å². The third kappa shape index (κ3) is 7.51. The fraction of sp³-hybridized carbons (Fsp3) is 0.348. The zero-order chi connectivity index (χ0) is 22.8. The normalized spacial score (nSPS) is 11.5. The van der Waals surface area contributed by atoms with E-state index in [2.05, 4.69) is 16.0 Å². The van der Waals surface area contributed by atoms with Crippen molar-refractivity contribution >= 4 is 29.1 Å². The minimum atomic E-state index is -0.250. The van der Waals surface area contributed by atoms with Gasteiger partial charge in [0.1, 0.15) is 6.54 Å². The van der Waals surface area contributed by atoms with Crippen molar-refractivity contribution in [3.05, 3.63) is 59.2 Å². The fourth-order valence-electron chi connectivity index (χ4n) is 3.11. The molecule has 0 radical (unpaired) electrons. The second-order valence-electron chi connectivity index (χ2n) is 7.35. The lowest BCUT2D eigenvalue weighted by atomic mass is 10.1. The Morgan fingerprint density at radius 2 is 1.65 bits per heavy atom. The number of aryl methyl sites for hydroxylation is 1. The average molecular weight is 428 g/mol. The Morgan fingerprint density at radius 1 is 0.968 bits per heavy atom. The first kappa shape index (κ1) is 24.0. The van der Waals surface area contributed by atoms with Crippen molar-refractivity contribution in [2.24, 2.45) is 0 Å². The summed E-state index contributed by atoms with van der Waals surface area (Å²) in [6.07, 6.45) is 0. The number of ether oxygens (including phenoxy) is 1. The van der Waals surface area contributed by atoms with Crippen molar-refractivity contribution < 1.29 is 24.0 Å². The summed E-state index contributed by atoms with van der Waals surface area (Å²) in [5.41, 5.74) is 3.86. The van der Waals surface area contributed by atoms with Crippen LogP contribution in [-0.4, -0.2) is 58.1 Å². The highest BCUT2D eigenvalue weighted by molar-refractivity contribution is 5.97. The van der Waals surface area contributed by atoms with Gasteiger partial charge in [-0.05, 0) is 49.2 Å². The van der Waals surface area contributed by atoms with Crippen molar-refractivity contribution in [3.8, 4) is 0 Å². The van der Waals surface area contributed by atoms with Gasteiger partial charge in [0.15, 0.2) is 13.1 Å². The molecule has 2 rings (SSSR count). The highest BCUT2D eigenvalue weighted by Gasteiger charge is 2.19. The molecular formula is C23H31N4O4+. The molecule has 0 aliphatic heterocycles. The largest absolute Gasteiger partial charge is 0.379 e. The van der Waals surface area contributed by atoms with Crippen LogP contribution in [0.25, 0.3) is 0 Å². The standard InChI is InChI=1S/C23H30N4O4/c1-16-7-5-10-20(17(16)2)26-22(29)15-27(11-12-31-4)14-21(28)25-19-9-6-8-18(13-19)23(30)24-3/h5-10,13H,11-12,14-15H2,1-4H3,(H,24,30)(H,25,28)(H,26,29)/p+1. The van der Waals surface area contributed by atoms with E-state index in [1.807, 2.05) is 32.0 Å². The summed E-state index contributed by atoms with van der Waals surface area (Å²) in [5.74, 6) is -0.652. The van der Waals surface area contributed by atoms with Gasteiger partial charge < -0.3 is 25.6 Å². The molecule has 1 atom stereocenters. The van der Waals surface area contributed by atoms with Crippen LogP contribution < -0.4 is 20.9 Å². The van der Waals surface area contributed by atoms with Gasteiger partial charge in [0.25, 0.3) is 17.7 Å². The molecule has 0 fully saturated rings. The van der Waals surface area contributed by atoms with Crippen molar-refractivity contribution in [2.45, 2.75) is 13.8 Å². The van der Waals surface area contributed by atoms with Gasteiger partial charge in [0, 0.05) is 31.1 Å². The van der Waals surface area contributed by atoms with E-state index in [1.54, 1.807) is 38.4 Å². The second-order valence-corrected chi connectivity index (χ2v) is 7.35. The molecule has 8 heteroatoms. The lowest BCUT2D eigenvalue weighted by molar-refractivity contribution is -0.883. The summed E-state index contributed by atoms with van der Waals surface area (Å²) < 4.78 is 5.13. The molecule has 0 bridgehead atoms. The number of hydrogen-bond acceptors (Lipinski definition) is 4. The van der Waals surface area contributed by atoms with Crippen LogP contribution in [0.1, 0.15) is 21.5 Å². The van der Waals surface area contributed by atoms with Crippen molar-refractivity contribution in [1.82, 2.24) is 5.32 Å². The SMILES string of the molecule is CNC(=O)c1cccc(NC(=O)C[NH+](CCOC)CC(=O)Nc2cccc(C)c2C)c1. The molecule has 0 aromatic heterocycles. The number of anilines is 2. The summed E-state index contributed by atoms with van der Waals surface area (Å²) >= 11 is 0. The smallest absolute Gasteiger partial charge is 0.279 e. The number of carbonyl (C=O) groups is 3. The summed E-state index contributed by atoms with van der Waals surface area (Å²) in [4.78, 5) is 37.7. The summed E-state index contributed by atoms with van der Waals surface area (Å²) in [6, 6.07) is 12.4. The monoisotopic (exact) mass is 427 g/mol. The Hall–Kier alpha value is -3.23. The van der Waals surface area contributed by atoms with E-state index >= 15 is 0 Å². The lowest BCUT2D eigenvalue weighted by Gasteiger charge is -2.19. The number of rotatable bonds is 10. The number of carbonyl (C=O) groups excluding carboxylic acids is 3. The summed E-state index contributed by atoms with van der Waals surface area (Å²) in [6.45, 7) is 5.09. The van der Waals surface area contributed by atoms with E-state index in [0.29, 0.717) is 24.4 Å².